The molecule has 1 aliphatic heterocycles. The van der Waals surface area contributed by atoms with E-state index >= 15 is 0 Å². The standard InChI is InChI=1S/C14H15F3N2O2/c1-3-14(2)13(21)19(5-4-11(20)18-14)12-9(16)6-8(15)7-10(12)17/h6-7H,3-5H2,1-2H3,(H,18,20). The lowest BCUT2D eigenvalue weighted by atomic mass is 9.97. The fraction of sp³-hybridized carbons (Fsp3) is 0.429. The molecule has 1 saturated heterocycles. The van der Waals surface area contributed by atoms with E-state index in [2.05, 4.69) is 5.32 Å². The van der Waals surface area contributed by atoms with Gasteiger partial charge in [-0.25, -0.2) is 13.2 Å². The average Bonchev–Trinajstić information content (AvgIpc) is 2.49. The van der Waals surface area contributed by atoms with Crippen LogP contribution in [0, 0.1) is 17.5 Å². The molecule has 1 aromatic carbocycles. The molecule has 0 spiro atoms. The van der Waals surface area contributed by atoms with Crippen molar-refractivity contribution in [2.75, 3.05) is 11.4 Å². The van der Waals surface area contributed by atoms with Crippen LogP contribution < -0.4 is 10.2 Å². The molecule has 1 heterocycles. The molecule has 2 rings (SSSR count). The summed E-state index contributed by atoms with van der Waals surface area (Å²) in [5.74, 6) is -4.41. The number of nitrogens with one attached hydrogen (secondary N) is 1. The number of carbonyl (C=O) groups is 2. The van der Waals surface area contributed by atoms with Crippen LogP contribution >= 0.6 is 0 Å². The summed E-state index contributed by atoms with van der Waals surface area (Å²) < 4.78 is 40.7. The monoisotopic (exact) mass is 300 g/mol. The molecule has 1 N–H and O–H groups in total. The molecule has 1 aliphatic rings. The Bertz CT molecular complexity index is 583. The zero-order valence-corrected chi connectivity index (χ0v) is 11.7. The highest BCUT2D eigenvalue weighted by Gasteiger charge is 2.41. The van der Waals surface area contributed by atoms with Crippen LogP contribution in [0.15, 0.2) is 12.1 Å². The van der Waals surface area contributed by atoms with E-state index in [0.29, 0.717) is 12.1 Å². The van der Waals surface area contributed by atoms with Crippen LogP contribution in [-0.4, -0.2) is 23.9 Å². The second kappa shape index (κ2) is 5.38. The van der Waals surface area contributed by atoms with E-state index in [9.17, 15) is 22.8 Å². The van der Waals surface area contributed by atoms with Gasteiger partial charge in [0.05, 0.1) is 0 Å². The molecule has 0 aromatic heterocycles. The van der Waals surface area contributed by atoms with Gasteiger partial charge < -0.3 is 10.2 Å². The van der Waals surface area contributed by atoms with Crippen molar-refractivity contribution in [1.82, 2.24) is 5.32 Å². The van der Waals surface area contributed by atoms with Gasteiger partial charge in [0.1, 0.15) is 17.0 Å². The maximum absolute atomic E-state index is 13.9. The predicted octanol–water partition coefficient (Wildman–Crippen LogP) is 2.13. The van der Waals surface area contributed by atoms with Gasteiger partial charge in [0.25, 0.3) is 5.91 Å². The van der Waals surface area contributed by atoms with Crippen LogP contribution in [0.25, 0.3) is 0 Å². The summed E-state index contributed by atoms with van der Waals surface area (Å²) >= 11 is 0. The topological polar surface area (TPSA) is 49.4 Å². The van der Waals surface area contributed by atoms with E-state index in [-0.39, 0.29) is 25.3 Å². The number of hydrogen-bond acceptors (Lipinski definition) is 2. The predicted molar refractivity (Wildman–Crippen MR) is 70.1 cm³/mol. The Labute approximate surface area is 119 Å². The molecule has 21 heavy (non-hydrogen) atoms. The van der Waals surface area contributed by atoms with Gasteiger partial charge in [0.15, 0.2) is 11.6 Å². The molecule has 0 saturated carbocycles. The summed E-state index contributed by atoms with van der Waals surface area (Å²) in [4.78, 5) is 25.1. The second-order valence-corrected chi connectivity index (χ2v) is 5.16. The first-order valence-corrected chi connectivity index (χ1v) is 6.56. The molecule has 1 atom stereocenters. The Morgan fingerprint density at radius 1 is 1.24 bits per heavy atom. The van der Waals surface area contributed by atoms with Crippen molar-refractivity contribution in [2.24, 2.45) is 0 Å². The van der Waals surface area contributed by atoms with Gasteiger partial charge in [0, 0.05) is 25.1 Å². The highest BCUT2D eigenvalue weighted by molar-refractivity contribution is 6.04. The molecule has 1 aromatic rings. The van der Waals surface area contributed by atoms with Crippen molar-refractivity contribution in [3.05, 3.63) is 29.6 Å². The van der Waals surface area contributed by atoms with Crippen LogP contribution in [0.1, 0.15) is 26.7 Å². The van der Waals surface area contributed by atoms with E-state index in [4.69, 9.17) is 0 Å². The number of hydrogen-bond donors (Lipinski definition) is 1. The molecule has 7 heteroatoms. The number of amides is 2. The minimum Gasteiger partial charge on any atom is -0.342 e. The van der Waals surface area contributed by atoms with E-state index in [1.165, 1.54) is 6.92 Å². The highest BCUT2D eigenvalue weighted by Crippen LogP contribution is 2.29. The zero-order valence-electron chi connectivity index (χ0n) is 11.7. The maximum Gasteiger partial charge on any atom is 0.252 e. The molecule has 1 fully saturated rings. The SMILES string of the molecule is CCC1(C)NC(=O)CCN(c2c(F)cc(F)cc2F)C1=O. The maximum atomic E-state index is 13.9. The Morgan fingerprint density at radius 3 is 2.33 bits per heavy atom. The third-order valence-corrected chi connectivity index (χ3v) is 3.65. The fourth-order valence-corrected chi connectivity index (χ4v) is 2.28. The van der Waals surface area contributed by atoms with Gasteiger partial charge in [-0.15, -0.1) is 0 Å². The largest absolute Gasteiger partial charge is 0.342 e. The molecule has 0 bridgehead atoms. The summed E-state index contributed by atoms with van der Waals surface area (Å²) in [5.41, 5.74) is -1.88. The van der Waals surface area contributed by atoms with Crippen LogP contribution in [0.5, 0.6) is 0 Å². The van der Waals surface area contributed by atoms with E-state index in [0.717, 1.165) is 4.90 Å². The van der Waals surface area contributed by atoms with Crippen molar-refractivity contribution in [3.63, 3.8) is 0 Å². The normalized spacial score (nSPS) is 23.0. The van der Waals surface area contributed by atoms with Crippen molar-refractivity contribution in [1.29, 1.82) is 0 Å². The second-order valence-electron chi connectivity index (χ2n) is 5.16. The first kappa shape index (κ1) is 15.3. The Balaban J connectivity index is 2.52. The minimum atomic E-state index is -1.25. The first-order valence-electron chi connectivity index (χ1n) is 6.56. The van der Waals surface area contributed by atoms with Gasteiger partial charge in [0.2, 0.25) is 5.91 Å². The number of nitrogens with zero attached hydrogens (tertiary/aromatic N) is 1. The molecule has 0 radical (unpaired) electrons. The highest BCUT2D eigenvalue weighted by atomic mass is 19.1. The summed E-state index contributed by atoms with van der Waals surface area (Å²) in [6.07, 6.45) is 0.177. The number of rotatable bonds is 2. The van der Waals surface area contributed by atoms with Gasteiger partial charge in [-0.3, -0.25) is 9.59 Å². The lowest BCUT2D eigenvalue weighted by molar-refractivity contribution is -0.129. The third kappa shape index (κ3) is 2.72. The van der Waals surface area contributed by atoms with Crippen LogP contribution in [0.2, 0.25) is 0 Å². The average molecular weight is 300 g/mol. The number of carbonyl (C=O) groups excluding carboxylic acids is 2. The van der Waals surface area contributed by atoms with Gasteiger partial charge >= 0.3 is 0 Å². The molecule has 1 unspecified atom stereocenters. The van der Waals surface area contributed by atoms with E-state index < -0.39 is 34.6 Å². The molecule has 114 valence electrons. The molecular weight excluding hydrogens is 285 g/mol. The van der Waals surface area contributed by atoms with E-state index in [1.54, 1.807) is 6.92 Å². The van der Waals surface area contributed by atoms with Crippen molar-refractivity contribution >= 4 is 17.5 Å². The lowest BCUT2D eigenvalue weighted by Crippen LogP contribution is -2.55. The summed E-state index contributed by atoms with van der Waals surface area (Å²) in [6, 6.07) is 1.02. The summed E-state index contributed by atoms with van der Waals surface area (Å²) in [6.45, 7) is 3.00. The molecule has 0 aliphatic carbocycles. The lowest BCUT2D eigenvalue weighted by Gasteiger charge is -2.31. The smallest absolute Gasteiger partial charge is 0.252 e. The van der Waals surface area contributed by atoms with E-state index in [1.807, 2.05) is 0 Å². The fourth-order valence-electron chi connectivity index (χ4n) is 2.28. The first-order chi connectivity index (χ1) is 9.78. The molecule has 4 nitrogen and oxygen atoms in total. The van der Waals surface area contributed by atoms with Gasteiger partial charge in [-0.05, 0) is 13.3 Å². The summed E-state index contributed by atoms with van der Waals surface area (Å²) in [5, 5.41) is 2.56. The minimum absolute atomic E-state index is 0.0857. The van der Waals surface area contributed by atoms with Crippen LogP contribution in [0.4, 0.5) is 18.9 Å². The van der Waals surface area contributed by atoms with Crippen LogP contribution in [0.3, 0.4) is 0 Å². The van der Waals surface area contributed by atoms with Crippen molar-refractivity contribution < 1.29 is 22.8 Å². The Kier molecular flexibility index (Phi) is 3.93. The number of halogens is 3. The van der Waals surface area contributed by atoms with Gasteiger partial charge in [-0.1, -0.05) is 6.92 Å². The molecular formula is C14H15F3N2O2. The quantitative estimate of drug-likeness (QED) is 0.909. The third-order valence-electron chi connectivity index (χ3n) is 3.65. The summed E-state index contributed by atoms with van der Waals surface area (Å²) in [7, 11) is 0. The van der Waals surface area contributed by atoms with Crippen molar-refractivity contribution in [2.45, 2.75) is 32.2 Å². The Hall–Kier alpha value is -2.05. The van der Waals surface area contributed by atoms with Gasteiger partial charge in [-0.2, -0.15) is 0 Å². The van der Waals surface area contributed by atoms with Crippen molar-refractivity contribution in [3.8, 4) is 0 Å². The number of benzene rings is 1. The number of anilines is 1. The Morgan fingerprint density at radius 2 is 1.81 bits per heavy atom. The molecule has 2 amide bonds. The van der Waals surface area contributed by atoms with Crippen LogP contribution in [-0.2, 0) is 9.59 Å². The zero-order chi connectivity index (χ0) is 15.8.